The number of amides is 1. The summed E-state index contributed by atoms with van der Waals surface area (Å²) in [5.41, 5.74) is 0.558. The van der Waals surface area contributed by atoms with Crippen LogP contribution >= 0.6 is 0 Å². The summed E-state index contributed by atoms with van der Waals surface area (Å²) in [5.74, 6) is 1.89. The van der Waals surface area contributed by atoms with Crippen LogP contribution in [0.5, 0.6) is 0 Å². The van der Waals surface area contributed by atoms with Gasteiger partial charge in [0.25, 0.3) is 0 Å². The van der Waals surface area contributed by atoms with E-state index in [2.05, 4.69) is 5.32 Å². The number of halogens is 1. The van der Waals surface area contributed by atoms with Gasteiger partial charge in [0.1, 0.15) is 5.82 Å². The first kappa shape index (κ1) is 11.7. The number of carbonyl (C=O) groups is 1. The minimum absolute atomic E-state index is 0.0261. The molecular weight excluding hydrogens is 229 g/mol. The molecule has 0 radical (unpaired) electrons. The van der Waals surface area contributed by atoms with Gasteiger partial charge in [-0.25, -0.2) is 4.39 Å². The van der Waals surface area contributed by atoms with E-state index in [0.717, 1.165) is 11.8 Å². The fraction of sp³-hybridized carbons (Fsp3) is 0.533. The van der Waals surface area contributed by atoms with E-state index in [1.54, 1.807) is 12.1 Å². The van der Waals surface area contributed by atoms with E-state index in [1.165, 1.54) is 37.8 Å². The summed E-state index contributed by atoms with van der Waals surface area (Å²) in [5, 5.41) is 2.79. The van der Waals surface area contributed by atoms with Gasteiger partial charge in [-0.05, 0) is 55.2 Å². The van der Waals surface area contributed by atoms with Gasteiger partial charge in [-0.3, -0.25) is 4.79 Å². The third-order valence-corrected chi connectivity index (χ3v) is 4.44. The summed E-state index contributed by atoms with van der Waals surface area (Å²) in [4.78, 5) is 11.9. The number of fused-ring (bicyclic) bond motifs is 2. The number of hydrogen-bond acceptors (Lipinski definition) is 1. The summed E-state index contributed by atoms with van der Waals surface area (Å²) < 4.78 is 13.0. The summed E-state index contributed by atoms with van der Waals surface area (Å²) in [6.07, 6.45) is 5.77. The third kappa shape index (κ3) is 2.40. The molecule has 2 saturated carbocycles. The molecule has 3 rings (SSSR count). The molecule has 0 aliphatic heterocycles. The molecule has 0 aromatic heterocycles. The molecule has 1 aromatic carbocycles. The molecule has 2 aliphatic carbocycles. The van der Waals surface area contributed by atoms with Crippen LogP contribution in [0.1, 0.15) is 32.1 Å². The van der Waals surface area contributed by atoms with E-state index in [1.807, 2.05) is 0 Å². The lowest BCUT2D eigenvalue weighted by Crippen LogP contribution is -2.20. The van der Waals surface area contributed by atoms with Gasteiger partial charge in [-0.15, -0.1) is 0 Å². The van der Waals surface area contributed by atoms with E-state index in [0.29, 0.717) is 18.0 Å². The number of carbonyl (C=O) groups excluding carboxylic acids is 1. The zero-order chi connectivity index (χ0) is 12.5. The van der Waals surface area contributed by atoms with E-state index in [-0.39, 0.29) is 11.7 Å². The Kier molecular flexibility index (Phi) is 3.06. The minimum Gasteiger partial charge on any atom is -0.326 e. The van der Waals surface area contributed by atoms with E-state index >= 15 is 0 Å². The van der Waals surface area contributed by atoms with Gasteiger partial charge in [-0.1, -0.05) is 12.5 Å². The van der Waals surface area contributed by atoms with Gasteiger partial charge in [0.15, 0.2) is 0 Å². The molecule has 96 valence electrons. The van der Waals surface area contributed by atoms with Gasteiger partial charge in [0.05, 0.1) is 0 Å². The Morgan fingerprint density at radius 3 is 2.89 bits per heavy atom. The second-order valence-electron chi connectivity index (χ2n) is 5.70. The summed E-state index contributed by atoms with van der Waals surface area (Å²) in [7, 11) is 0. The fourth-order valence-corrected chi connectivity index (χ4v) is 3.64. The molecule has 2 fully saturated rings. The topological polar surface area (TPSA) is 29.1 Å². The molecule has 1 N–H and O–H groups in total. The molecule has 18 heavy (non-hydrogen) atoms. The summed E-state index contributed by atoms with van der Waals surface area (Å²) >= 11 is 0. The molecule has 1 aromatic rings. The first-order valence-corrected chi connectivity index (χ1v) is 6.76. The smallest absolute Gasteiger partial charge is 0.224 e. The Labute approximate surface area is 107 Å². The molecule has 3 atom stereocenters. The molecule has 3 heteroatoms. The van der Waals surface area contributed by atoms with Crippen LogP contribution in [0.15, 0.2) is 24.3 Å². The van der Waals surface area contributed by atoms with Gasteiger partial charge in [-0.2, -0.15) is 0 Å². The van der Waals surface area contributed by atoms with Crippen LogP contribution in [-0.2, 0) is 4.79 Å². The molecule has 0 saturated heterocycles. The lowest BCUT2D eigenvalue weighted by Gasteiger charge is -2.20. The highest BCUT2D eigenvalue weighted by molar-refractivity contribution is 5.90. The maximum Gasteiger partial charge on any atom is 0.224 e. The van der Waals surface area contributed by atoms with E-state index in [4.69, 9.17) is 0 Å². The Hall–Kier alpha value is -1.38. The highest BCUT2D eigenvalue weighted by Crippen LogP contribution is 2.49. The van der Waals surface area contributed by atoms with Crippen molar-refractivity contribution in [3.05, 3.63) is 30.1 Å². The zero-order valence-electron chi connectivity index (χ0n) is 10.4. The molecular formula is C15H18FNO. The average molecular weight is 247 g/mol. The van der Waals surface area contributed by atoms with E-state index in [9.17, 15) is 9.18 Å². The van der Waals surface area contributed by atoms with Crippen LogP contribution in [0.2, 0.25) is 0 Å². The van der Waals surface area contributed by atoms with Gasteiger partial charge >= 0.3 is 0 Å². The molecule has 0 spiro atoms. The fourth-order valence-electron chi connectivity index (χ4n) is 3.64. The van der Waals surface area contributed by atoms with Crippen molar-refractivity contribution in [2.75, 3.05) is 5.32 Å². The van der Waals surface area contributed by atoms with Crippen molar-refractivity contribution in [2.24, 2.45) is 17.8 Å². The monoisotopic (exact) mass is 247 g/mol. The third-order valence-electron chi connectivity index (χ3n) is 4.44. The summed E-state index contributed by atoms with van der Waals surface area (Å²) in [6.45, 7) is 0. The van der Waals surface area contributed by atoms with Gasteiger partial charge in [0.2, 0.25) is 5.91 Å². The number of hydrogen-bond donors (Lipinski definition) is 1. The molecule has 1 amide bonds. The summed E-state index contributed by atoms with van der Waals surface area (Å²) in [6, 6.07) is 6.08. The van der Waals surface area contributed by atoms with Crippen LogP contribution < -0.4 is 5.32 Å². The van der Waals surface area contributed by atoms with Gasteiger partial charge in [0, 0.05) is 12.1 Å². The minimum atomic E-state index is -0.312. The number of anilines is 1. The van der Waals surface area contributed by atoms with Crippen molar-refractivity contribution in [1.29, 1.82) is 0 Å². The largest absolute Gasteiger partial charge is 0.326 e. The number of rotatable bonds is 3. The average Bonchev–Trinajstić information content (AvgIpc) is 2.90. The Morgan fingerprint density at radius 2 is 2.22 bits per heavy atom. The van der Waals surface area contributed by atoms with Crippen molar-refractivity contribution >= 4 is 11.6 Å². The molecule has 0 unspecified atom stereocenters. The molecule has 2 nitrogen and oxygen atoms in total. The van der Waals surface area contributed by atoms with Crippen LogP contribution in [-0.4, -0.2) is 5.91 Å². The predicted molar refractivity (Wildman–Crippen MR) is 68.6 cm³/mol. The standard InChI is InChI=1S/C15H18FNO/c16-13-2-1-3-14(9-13)17-15(18)8-12-7-10-4-5-11(12)6-10/h1-3,9-12H,4-8H2,(H,17,18)/t10-,11+,12+/m0/s1. The normalized spacial score (nSPS) is 29.5. The maximum absolute atomic E-state index is 13.0. The quantitative estimate of drug-likeness (QED) is 0.869. The van der Waals surface area contributed by atoms with Crippen LogP contribution in [0.25, 0.3) is 0 Å². The van der Waals surface area contributed by atoms with Crippen molar-refractivity contribution in [3.63, 3.8) is 0 Å². The van der Waals surface area contributed by atoms with Crippen LogP contribution in [0.3, 0.4) is 0 Å². The Balaban J connectivity index is 1.56. The van der Waals surface area contributed by atoms with Crippen LogP contribution in [0, 0.1) is 23.6 Å². The molecule has 2 bridgehead atoms. The van der Waals surface area contributed by atoms with Crippen LogP contribution in [0.4, 0.5) is 10.1 Å². The lowest BCUT2D eigenvalue weighted by molar-refractivity contribution is -0.117. The Bertz CT molecular complexity index is 460. The first-order valence-electron chi connectivity index (χ1n) is 6.76. The van der Waals surface area contributed by atoms with Crippen molar-refractivity contribution in [2.45, 2.75) is 32.1 Å². The highest BCUT2D eigenvalue weighted by atomic mass is 19.1. The number of benzene rings is 1. The maximum atomic E-state index is 13.0. The van der Waals surface area contributed by atoms with E-state index < -0.39 is 0 Å². The van der Waals surface area contributed by atoms with Crippen molar-refractivity contribution in [3.8, 4) is 0 Å². The zero-order valence-corrected chi connectivity index (χ0v) is 10.4. The highest BCUT2D eigenvalue weighted by Gasteiger charge is 2.40. The lowest BCUT2D eigenvalue weighted by atomic mass is 9.86. The molecule has 2 aliphatic rings. The SMILES string of the molecule is O=C(C[C@H]1C[C@H]2CC[C@@H]1C2)Nc1cccc(F)c1. The Morgan fingerprint density at radius 1 is 1.33 bits per heavy atom. The predicted octanol–water partition coefficient (Wildman–Crippen LogP) is 3.59. The number of nitrogens with one attached hydrogen (secondary N) is 1. The van der Waals surface area contributed by atoms with Crippen molar-refractivity contribution < 1.29 is 9.18 Å². The van der Waals surface area contributed by atoms with Crippen molar-refractivity contribution in [1.82, 2.24) is 0 Å². The first-order chi connectivity index (χ1) is 8.70. The second-order valence-corrected chi connectivity index (χ2v) is 5.70. The second kappa shape index (κ2) is 4.71. The molecule has 0 heterocycles. The van der Waals surface area contributed by atoms with Gasteiger partial charge < -0.3 is 5.32 Å².